The number of hydrogen-bond donors (Lipinski definition) is 0. The van der Waals surface area contributed by atoms with E-state index in [2.05, 4.69) is 17.1 Å². The molecule has 0 atom stereocenters. The molecule has 5 heteroatoms. The third kappa shape index (κ3) is 4.31. The van der Waals surface area contributed by atoms with Crippen molar-refractivity contribution in [2.75, 3.05) is 0 Å². The van der Waals surface area contributed by atoms with Crippen molar-refractivity contribution >= 4 is 22.7 Å². The molecule has 0 bridgehead atoms. The number of fused-ring (bicyclic) bond motifs is 1. The molecule has 2 aromatic heterocycles. The van der Waals surface area contributed by atoms with E-state index in [1.807, 2.05) is 65.4 Å². The topological polar surface area (TPSA) is 47.8 Å². The predicted octanol–water partition coefficient (Wildman–Crippen LogP) is 4.72. The molecule has 0 amide bonds. The third-order valence-electron chi connectivity index (χ3n) is 4.61. The summed E-state index contributed by atoms with van der Waals surface area (Å²) in [6.45, 7) is 0.654. The number of benzene rings is 2. The Morgan fingerprint density at radius 3 is 2.50 bits per heavy atom. The summed E-state index contributed by atoms with van der Waals surface area (Å²) in [7, 11) is 0. The zero-order valence-corrected chi connectivity index (χ0v) is 16.3. The minimum Gasteiger partial charge on any atom is -0.287 e. The van der Waals surface area contributed by atoms with Crippen LogP contribution in [0.2, 0.25) is 0 Å². The summed E-state index contributed by atoms with van der Waals surface area (Å²) in [6.07, 6.45) is 5.45. The van der Waals surface area contributed by atoms with E-state index in [0.717, 1.165) is 34.8 Å². The summed E-state index contributed by atoms with van der Waals surface area (Å²) in [5, 5.41) is 1.44. The van der Waals surface area contributed by atoms with Gasteiger partial charge in [-0.3, -0.25) is 14.3 Å². The van der Waals surface area contributed by atoms with Gasteiger partial charge in [0.05, 0.1) is 10.9 Å². The average Bonchev–Trinajstić information content (AvgIpc) is 2.75. The average molecular weight is 388 g/mol. The first kappa shape index (κ1) is 18.4. The lowest BCUT2D eigenvalue weighted by Crippen LogP contribution is -2.23. The van der Waals surface area contributed by atoms with Crippen LogP contribution < -0.4 is 5.56 Å². The van der Waals surface area contributed by atoms with Crippen LogP contribution in [-0.2, 0) is 18.7 Å². The molecule has 2 aromatic carbocycles. The maximum atomic E-state index is 13.1. The van der Waals surface area contributed by atoms with E-state index in [1.165, 1.54) is 5.56 Å². The summed E-state index contributed by atoms with van der Waals surface area (Å²) >= 11 is 1.59. The zero-order chi connectivity index (χ0) is 19.2. The van der Waals surface area contributed by atoms with Gasteiger partial charge in [-0.05, 0) is 42.2 Å². The van der Waals surface area contributed by atoms with Gasteiger partial charge < -0.3 is 0 Å². The molecule has 2 heterocycles. The summed E-state index contributed by atoms with van der Waals surface area (Å²) in [6, 6.07) is 21.9. The first-order valence-corrected chi connectivity index (χ1v) is 10.3. The van der Waals surface area contributed by atoms with Crippen LogP contribution in [0.25, 0.3) is 10.9 Å². The van der Waals surface area contributed by atoms with E-state index < -0.39 is 0 Å². The van der Waals surface area contributed by atoms with Gasteiger partial charge in [0, 0.05) is 24.7 Å². The predicted molar refractivity (Wildman–Crippen MR) is 115 cm³/mol. The van der Waals surface area contributed by atoms with Gasteiger partial charge in [-0.15, -0.1) is 0 Å². The van der Waals surface area contributed by atoms with E-state index >= 15 is 0 Å². The Morgan fingerprint density at radius 2 is 1.68 bits per heavy atom. The van der Waals surface area contributed by atoms with Gasteiger partial charge in [0.2, 0.25) is 0 Å². The van der Waals surface area contributed by atoms with Crippen LogP contribution in [0.5, 0.6) is 0 Å². The quantitative estimate of drug-likeness (QED) is 0.340. The van der Waals surface area contributed by atoms with E-state index in [4.69, 9.17) is 4.98 Å². The van der Waals surface area contributed by atoms with Crippen LogP contribution in [0, 0.1) is 0 Å². The minimum absolute atomic E-state index is 0.0346. The van der Waals surface area contributed by atoms with Crippen molar-refractivity contribution in [3.63, 3.8) is 0 Å². The first-order valence-electron chi connectivity index (χ1n) is 9.36. The molecule has 4 rings (SSSR count). The fourth-order valence-electron chi connectivity index (χ4n) is 3.17. The number of nitrogens with zero attached hydrogens (tertiary/aromatic N) is 3. The normalized spacial score (nSPS) is 11.0. The second kappa shape index (κ2) is 8.85. The fraction of sp³-hybridized carbons (Fsp3) is 0.174. The number of aromatic nitrogens is 3. The summed E-state index contributed by atoms with van der Waals surface area (Å²) in [5.41, 5.74) is 3.19. The Bertz CT molecular complexity index is 1110. The summed E-state index contributed by atoms with van der Waals surface area (Å²) in [5.74, 6) is 0.733. The lowest BCUT2D eigenvalue weighted by molar-refractivity contribution is 0.564. The van der Waals surface area contributed by atoms with Crippen molar-refractivity contribution in [3.8, 4) is 0 Å². The van der Waals surface area contributed by atoms with Crippen molar-refractivity contribution < 1.29 is 0 Å². The number of aryl methyl sites for hydroxylation is 1. The molecule has 0 N–H and O–H groups in total. The smallest absolute Gasteiger partial charge is 0.262 e. The lowest BCUT2D eigenvalue weighted by Gasteiger charge is -2.13. The van der Waals surface area contributed by atoms with Crippen LogP contribution in [0.15, 0.2) is 89.1 Å². The van der Waals surface area contributed by atoms with Gasteiger partial charge in [0.25, 0.3) is 5.56 Å². The Kier molecular flexibility index (Phi) is 5.83. The molecule has 0 fully saturated rings. The van der Waals surface area contributed by atoms with E-state index in [0.29, 0.717) is 11.9 Å². The number of hydrogen-bond acceptors (Lipinski definition) is 4. The number of para-hydroxylation sites is 1. The van der Waals surface area contributed by atoms with Crippen molar-refractivity contribution in [1.29, 1.82) is 0 Å². The molecular weight excluding hydrogens is 366 g/mol. The number of rotatable bonds is 7. The van der Waals surface area contributed by atoms with Gasteiger partial charge >= 0.3 is 0 Å². The Hall–Kier alpha value is -2.92. The van der Waals surface area contributed by atoms with Crippen molar-refractivity contribution in [1.82, 2.24) is 14.5 Å². The molecule has 0 aliphatic carbocycles. The van der Waals surface area contributed by atoms with Crippen LogP contribution in [0.1, 0.15) is 17.5 Å². The molecule has 140 valence electrons. The number of thioether (sulfide) groups is 1. The molecule has 0 radical (unpaired) electrons. The minimum atomic E-state index is 0.0346. The van der Waals surface area contributed by atoms with Crippen LogP contribution in [0.4, 0.5) is 0 Å². The molecule has 4 nitrogen and oxygen atoms in total. The molecule has 28 heavy (non-hydrogen) atoms. The highest BCUT2D eigenvalue weighted by molar-refractivity contribution is 7.98. The SMILES string of the molecule is O=c1c2ccccc2nc(SCc2cccnc2)n1CCCc1ccccc1. The Balaban J connectivity index is 1.60. The Morgan fingerprint density at radius 1 is 0.893 bits per heavy atom. The van der Waals surface area contributed by atoms with E-state index in [1.54, 1.807) is 18.0 Å². The van der Waals surface area contributed by atoms with Crippen LogP contribution in [-0.4, -0.2) is 14.5 Å². The van der Waals surface area contributed by atoms with Gasteiger partial charge in [0.15, 0.2) is 5.16 Å². The highest BCUT2D eigenvalue weighted by Crippen LogP contribution is 2.22. The van der Waals surface area contributed by atoms with Gasteiger partial charge in [-0.1, -0.05) is 60.3 Å². The second-order valence-corrected chi connectivity index (χ2v) is 7.55. The fourth-order valence-corrected chi connectivity index (χ4v) is 4.13. The van der Waals surface area contributed by atoms with E-state index in [-0.39, 0.29) is 5.56 Å². The van der Waals surface area contributed by atoms with Crippen LogP contribution in [0.3, 0.4) is 0 Å². The standard InChI is InChI=1S/C23H21N3OS/c27-22-20-12-4-5-13-21(20)25-23(28-17-19-10-6-14-24-16-19)26(22)15-7-11-18-8-2-1-3-9-18/h1-6,8-10,12-14,16H,7,11,15,17H2. The molecule has 0 aliphatic rings. The molecular formula is C23H21N3OS. The lowest BCUT2D eigenvalue weighted by atomic mass is 10.1. The molecule has 0 saturated heterocycles. The van der Waals surface area contributed by atoms with Crippen LogP contribution >= 0.6 is 11.8 Å². The maximum Gasteiger partial charge on any atom is 0.262 e. The van der Waals surface area contributed by atoms with Gasteiger partial charge in [0.1, 0.15) is 0 Å². The van der Waals surface area contributed by atoms with E-state index in [9.17, 15) is 4.79 Å². The molecule has 4 aromatic rings. The summed E-state index contributed by atoms with van der Waals surface area (Å²) < 4.78 is 1.83. The molecule has 0 saturated carbocycles. The van der Waals surface area contributed by atoms with Gasteiger partial charge in [-0.25, -0.2) is 4.98 Å². The van der Waals surface area contributed by atoms with Gasteiger partial charge in [-0.2, -0.15) is 0 Å². The largest absolute Gasteiger partial charge is 0.287 e. The first-order chi connectivity index (χ1) is 13.8. The highest BCUT2D eigenvalue weighted by atomic mass is 32.2. The molecule has 0 spiro atoms. The number of pyridine rings is 1. The van der Waals surface area contributed by atoms with Crippen molar-refractivity contribution in [2.45, 2.75) is 30.3 Å². The maximum absolute atomic E-state index is 13.1. The molecule has 0 aliphatic heterocycles. The monoisotopic (exact) mass is 387 g/mol. The van der Waals surface area contributed by atoms with Crippen molar-refractivity contribution in [3.05, 3.63) is 101 Å². The Labute approximate surface area is 168 Å². The molecule has 0 unspecified atom stereocenters. The third-order valence-corrected chi connectivity index (χ3v) is 5.65. The zero-order valence-electron chi connectivity index (χ0n) is 15.5. The summed E-state index contributed by atoms with van der Waals surface area (Å²) in [4.78, 5) is 22.1. The van der Waals surface area contributed by atoms with Crippen molar-refractivity contribution in [2.24, 2.45) is 0 Å². The second-order valence-electron chi connectivity index (χ2n) is 6.61. The highest BCUT2D eigenvalue weighted by Gasteiger charge is 2.11.